The van der Waals surface area contributed by atoms with Gasteiger partial charge in [-0.3, -0.25) is 14.9 Å². The molecule has 2 aliphatic heterocycles. The summed E-state index contributed by atoms with van der Waals surface area (Å²) < 4.78 is 0. The van der Waals surface area contributed by atoms with Gasteiger partial charge in [-0.05, 0) is 30.2 Å². The third-order valence-corrected chi connectivity index (χ3v) is 5.72. The number of nitro groups is 1. The van der Waals surface area contributed by atoms with Crippen molar-refractivity contribution in [3.63, 3.8) is 0 Å². The van der Waals surface area contributed by atoms with Gasteiger partial charge in [-0.2, -0.15) is 0 Å². The fraction of sp³-hybridized carbons (Fsp3) is 0.286. The van der Waals surface area contributed by atoms with Crippen molar-refractivity contribution in [2.75, 3.05) is 11.4 Å². The summed E-state index contributed by atoms with van der Waals surface area (Å²) in [7, 11) is 0. The number of carbonyl (C=O) groups excluding carboxylic acids is 1. The Labute approximate surface area is 157 Å². The Morgan fingerprint density at radius 3 is 2.74 bits per heavy atom. The molecular formula is C21H21N3O3. The zero-order valence-corrected chi connectivity index (χ0v) is 15.5. The number of fused-ring (bicyclic) bond motifs is 3. The Bertz CT molecular complexity index is 996. The Hall–Kier alpha value is -3.15. The molecule has 1 N–H and O–H groups in total. The van der Waals surface area contributed by atoms with Crippen LogP contribution in [-0.2, 0) is 10.2 Å². The topological polar surface area (TPSA) is 75.5 Å². The van der Waals surface area contributed by atoms with Crippen molar-refractivity contribution in [2.24, 2.45) is 0 Å². The molecule has 2 aromatic rings. The summed E-state index contributed by atoms with van der Waals surface area (Å²) in [6, 6.07) is 12.8. The van der Waals surface area contributed by atoms with Crippen LogP contribution in [-0.4, -0.2) is 23.0 Å². The van der Waals surface area contributed by atoms with E-state index in [1.54, 1.807) is 6.07 Å². The van der Waals surface area contributed by atoms with Crippen molar-refractivity contribution in [3.05, 3.63) is 75.3 Å². The molecule has 1 amide bonds. The summed E-state index contributed by atoms with van der Waals surface area (Å²) in [6.45, 7) is 6.59. The molecular weight excluding hydrogens is 342 g/mol. The first-order valence-corrected chi connectivity index (χ1v) is 8.88. The van der Waals surface area contributed by atoms with E-state index in [-0.39, 0.29) is 17.0 Å². The van der Waals surface area contributed by atoms with Crippen LogP contribution in [0, 0.1) is 17.0 Å². The van der Waals surface area contributed by atoms with Crippen molar-refractivity contribution in [2.45, 2.75) is 31.8 Å². The van der Waals surface area contributed by atoms with Crippen LogP contribution in [0.25, 0.3) is 6.08 Å². The predicted molar refractivity (Wildman–Crippen MR) is 105 cm³/mol. The molecule has 1 fully saturated rings. The fourth-order valence-electron chi connectivity index (χ4n) is 4.25. The van der Waals surface area contributed by atoms with Crippen LogP contribution >= 0.6 is 0 Å². The number of aryl methyl sites for hydroxylation is 1. The van der Waals surface area contributed by atoms with Gasteiger partial charge in [0.25, 0.3) is 5.69 Å². The lowest BCUT2D eigenvalue weighted by molar-refractivity contribution is -0.384. The molecule has 2 aliphatic rings. The Morgan fingerprint density at radius 1 is 1.22 bits per heavy atom. The van der Waals surface area contributed by atoms with Gasteiger partial charge in [-0.1, -0.05) is 49.8 Å². The second kappa shape index (κ2) is 5.67. The largest absolute Gasteiger partial charge is 0.335 e. The number of carbonyl (C=O) groups is 1. The van der Waals surface area contributed by atoms with Gasteiger partial charge in [0.1, 0.15) is 5.66 Å². The molecule has 2 heterocycles. The van der Waals surface area contributed by atoms with Gasteiger partial charge in [0, 0.05) is 23.2 Å². The van der Waals surface area contributed by atoms with Crippen molar-refractivity contribution >= 4 is 23.4 Å². The molecule has 27 heavy (non-hydrogen) atoms. The van der Waals surface area contributed by atoms with Gasteiger partial charge < -0.3 is 10.2 Å². The average molecular weight is 363 g/mol. The molecule has 2 aromatic carbocycles. The van der Waals surface area contributed by atoms with Crippen LogP contribution in [0.3, 0.4) is 0 Å². The molecule has 138 valence electrons. The molecule has 1 saturated heterocycles. The number of nitrogens with one attached hydrogen (secondary N) is 1. The Kier molecular flexibility index (Phi) is 3.63. The number of anilines is 1. The second-order valence-electron chi connectivity index (χ2n) is 7.73. The number of amides is 1. The van der Waals surface area contributed by atoms with E-state index in [4.69, 9.17) is 0 Å². The predicted octanol–water partition coefficient (Wildman–Crippen LogP) is 3.54. The third kappa shape index (κ3) is 2.44. The second-order valence-corrected chi connectivity index (χ2v) is 7.73. The van der Waals surface area contributed by atoms with E-state index in [9.17, 15) is 14.9 Å². The summed E-state index contributed by atoms with van der Waals surface area (Å²) in [4.78, 5) is 25.0. The maximum Gasteiger partial charge on any atom is 0.270 e. The highest BCUT2D eigenvalue weighted by atomic mass is 16.6. The minimum Gasteiger partial charge on any atom is -0.335 e. The van der Waals surface area contributed by atoms with Crippen molar-refractivity contribution in [1.82, 2.24) is 5.32 Å². The smallest absolute Gasteiger partial charge is 0.270 e. The number of nitrogens with zero attached hydrogens (tertiary/aromatic N) is 2. The van der Waals surface area contributed by atoms with E-state index >= 15 is 0 Å². The Balaban J connectivity index is 1.81. The number of hydrogen-bond donors (Lipinski definition) is 1. The number of benzene rings is 2. The van der Waals surface area contributed by atoms with Gasteiger partial charge in [-0.15, -0.1) is 0 Å². The Morgan fingerprint density at radius 2 is 2.00 bits per heavy atom. The van der Waals surface area contributed by atoms with E-state index in [2.05, 4.69) is 49.2 Å². The zero-order valence-electron chi connectivity index (χ0n) is 15.5. The van der Waals surface area contributed by atoms with E-state index in [0.29, 0.717) is 6.54 Å². The monoisotopic (exact) mass is 363 g/mol. The van der Waals surface area contributed by atoms with E-state index in [0.717, 1.165) is 11.3 Å². The van der Waals surface area contributed by atoms with Crippen LogP contribution in [0.4, 0.5) is 11.4 Å². The van der Waals surface area contributed by atoms with E-state index < -0.39 is 10.6 Å². The quantitative estimate of drug-likeness (QED) is 0.668. The van der Waals surface area contributed by atoms with Gasteiger partial charge in [-0.25, -0.2) is 0 Å². The van der Waals surface area contributed by atoms with Crippen LogP contribution in [0.2, 0.25) is 0 Å². The summed E-state index contributed by atoms with van der Waals surface area (Å²) in [6.07, 6.45) is 3.82. The molecule has 0 aromatic heterocycles. The SMILES string of the molecule is Cc1ccc2c(c1)C(C)(C)[C@]1(/C=C/c3cccc([N+](=O)[O-])c3)NC(=O)CN21. The lowest BCUT2D eigenvalue weighted by atomic mass is 9.75. The standard InChI is InChI=1S/C21H21N3O3/c1-14-7-8-18-17(11-14)20(2,3)21(22-19(25)13-23(18)21)10-9-15-5-4-6-16(12-15)24(26)27/h4-12H,13H2,1-3H3,(H,22,25)/b10-9+/t21-/m1/s1. The minimum atomic E-state index is -0.704. The number of rotatable bonds is 3. The molecule has 6 heteroatoms. The highest BCUT2D eigenvalue weighted by Gasteiger charge is 2.59. The summed E-state index contributed by atoms with van der Waals surface area (Å²) in [5.41, 5.74) is 3.11. The normalized spacial score (nSPS) is 22.6. The van der Waals surface area contributed by atoms with Gasteiger partial charge >= 0.3 is 0 Å². The van der Waals surface area contributed by atoms with Gasteiger partial charge in [0.05, 0.1) is 11.5 Å². The lowest BCUT2D eigenvalue weighted by Gasteiger charge is -2.40. The van der Waals surface area contributed by atoms with Crippen molar-refractivity contribution < 1.29 is 9.72 Å². The lowest BCUT2D eigenvalue weighted by Crippen LogP contribution is -2.58. The molecule has 6 nitrogen and oxygen atoms in total. The number of non-ortho nitro benzene ring substituents is 1. The van der Waals surface area contributed by atoms with Crippen LogP contribution in [0.5, 0.6) is 0 Å². The first kappa shape index (κ1) is 17.3. The van der Waals surface area contributed by atoms with Crippen LogP contribution in [0.15, 0.2) is 48.5 Å². The molecule has 0 bridgehead atoms. The molecule has 0 spiro atoms. The zero-order chi connectivity index (χ0) is 19.4. The molecule has 0 unspecified atom stereocenters. The molecule has 0 saturated carbocycles. The molecule has 0 radical (unpaired) electrons. The third-order valence-electron chi connectivity index (χ3n) is 5.72. The number of hydrogen-bond acceptors (Lipinski definition) is 4. The van der Waals surface area contributed by atoms with Crippen molar-refractivity contribution in [1.29, 1.82) is 0 Å². The van der Waals surface area contributed by atoms with Crippen LogP contribution in [0.1, 0.15) is 30.5 Å². The highest BCUT2D eigenvalue weighted by molar-refractivity contribution is 5.91. The minimum absolute atomic E-state index is 0.0296. The molecule has 4 rings (SSSR count). The fourth-order valence-corrected chi connectivity index (χ4v) is 4.25. The summed E-state index contributed by atoms with van der Waals surface area (Å²) in [5, 5.41) is 14.2. The highest BCUT2D eigenvalue weighted by Crippen LogP contribution is 2.53. The molecule has 1 atom stereocenters. The van der Waals surface area contributed by atoms with Crippen molar-refractivity contribution in [3.8, 4) is 0 Å². The first-order chi connectivity index (χ1) is 12.7. The molecule has 0 aliphatic carbocycles. The first-order valence-electron chi connectivity index (χ1n) is 8.88. The summed E-state index contributed by atoms with van der Waals surface area (Å²) in [5.74, 6) is -0.0296. The maximum atomic E-state index is 12.3. The van der Waals surface area contributed by atoms with Gasteiger partial charge in [0.2, 0.25) is 5.91 Å². The van der Waals surface area contributed by atoms with Gasteiger partial charge in [0.15, 0.2) is 0 Å². The summed E-state index contributed by atoms with van der Waals surface area (Å²) >= 11 is 0. The van der Waals surface area contributed by atoms with Crippen LogP contribution < -0.4 is 10.2 Å². The average Bonchev–Trinajstić information content (AvgIpc) is 3.05. The van der Waals surface area contributed by atoms with E-state index in [1.807, 2.05) is 18.2 Å². The number of nitro benzene ring substituents is 1. The maximum absolute atomic E-state index is 12.3. The van der Waals surface area contributed by atoms with E-state index in [1.165, 1.54) is 23.3 Å².